The second-order valence-electron chi connectivity index (χ2n) is 5.73. The van der Waals surface area contributed by atoms with Crippen molar-refractivity contribution in [1.82, 2.24) is 0 Å². The minimum atomic E-state index is -0.320. The van der Waals surface area contributed by atoms with E-state index in [9.17, 15) is 4.79 Å². The molecule has 1 unspecified atom stereocenters. The van der Waals surface area contributed by atoms with E-state index in [1.807, 2.05) is 13.8 Å². The second kappa shape index (κ2) is 9.41. The fourth-order valence-corrected chi connectivity index (χ4v) is 2.08. The molecule has 2 nitrogen and oxygen atoms in total. The van der Waals surface area contributed by atoms with Gasteiger partial charge in [-0.3, -0.25) is 4.79 Å². The highest BCUT2D eigenvalue weighted by molar-refractivity contribution is 5.72. The highest BCUT2D eigenvalue weighted by Crippen LogP contribution is 2.23. The van der Waals surface area contributed by atoms with Gasteiger partial charge in [0.25, 0.3) is 0 Å². The third-order valence-corrected chi connectivity index (χ3v) is 3.38. The summed E-state index contributed by atoms with van der Waals surface area (Å²) in [5.74, 6) is 0.0818. The van der Waals surface area contributed by atoms with Gasteiger partial charge in [0.15, 0.2) is 0 Å². The van der Waals surface area contributed by atoms with E-state index >= 15 is 0 Å². The minimum absolute atomic E-state index is 0.00331. The van der Waals surface area contributed by atoms with Crippen LogP contribution in [-0.4, -0.2) is 11.6 Å². The van der Waals surface area contributed by atoms with Crippen molar-refractivity contribution in [2.75, 3.05) is 0 Å². The fourth-order valence-electron chi connectivity index (χ4n) is 2.08. The molecule has 2 heteroatoms. The van der Waals surface area contributed by atoms with Crippen molar-refractivity contribution in [2.24, 2.45) is 5.92 Å². The average molecular weight is 255 g/mol. The number of carbonyl (C=O) groups excluding carboxylic acids is 1. The van der Waals surface area contributed by atoms with Crippen molar-refractivity contribution in [1.29, 1.82) is 0 Å². The van der Waals surface area contributed by atoms with E-state index in [1.165, 1.54) is 0 Å². The Morgan fingerprint density at radius 1 is 1.28 bits per heavy atom. The first-order valence-electron chi connectivity index (χ1n) is 7.47. The summed E-state index contributed by atoms with van der Waals surface area (Å²) in [4.78, 5) is 12.1. The van der Waals surface area contributed by atoms with Gasteiger partial charge >= 0.3 is 5.97 Å². The van der Waals surface area contributed by atoms with E-state index in [2.05, 4.69) is 27.2 Å². The second-order valence-corrected chi connectivity index (χ2v) is 5.73. The largest absolute Gasteiger partial charge is 0.459 e. The van der Waals surface area contributed by atoms with Gasteiger partial charge in [-0.05, 0) is 46.0 Å². The molecule has 0 aromatic rings. The normalized spacial score (nSPS) is 13.4. The molecule has 0 saturated heterocycles. The predicted octanol–water partition coefficient (Wildman–Crippen LogP) is 4.92. The molecule has 18 heavy (non-hydrogen) atoms. The first kappa shape index (κ1) is 17.5. The Morgan fingerprint density at radius 3 is 2.44 bits per heavy atom. The van der Waals surface area contributed by atoms with Crippen molar-refractivity contribution in [3.8, 4) is 0 Å². The van der Waals surface area contributed by atoms with Gasteiger partial charge < -0.3 is 4.74 Å². The maximum absolute atomic E-state index is 12.1. The van der Waals surface area contributed by atoms with Gasteiger partial charge in [0.2, 0.25) is 0 Å². The number of hydrogen-bond acceptors (Lipinski definition) is 2. The van der Waals surface area contributed by atoms with Gasteiger partial charge in [-0.1, -0.05) is 40.0 Å². The van der Waals surface area contributed by atoms with Crippen LogP contribution in [0.15, 0.2) is 0 Å². The summed E-state index contributed by atoms with van der Waals surface area (Å²) in [6.45, 7) is 10.3. The van der Waals surface area contributed by atoms with Crippen molar-refractivity contribution in [3.63, 3.8) is 0 Å². The van der Waals surface area contributed by atoms with Gasteiger partial charge in [0, 0.05) is 0 Å². The summed E-state index contributed by atoms with van der Waals surface area (Å²) in [7, 11) is 0. The van der Waals surface area contributed by atoms with Crippen LogP contribution in [0.1, 0.15) is 79.6 Å². The van der Waals surface area contributed by atoms with Crippen LogP contribution in [0.25, 0.3) is 0 Å². The quantitative estimate of drug-likeness (QED) is 0.409. The highest BCUT2D eigenvalue weighted by atomic mass is 16.6. The van der Waals surface area contributed by atoms with Crippen molar-refractivity contribution in [2.45, 2.75) is 85.2 Å². The minimum Gasteiger partial charge on any atom is -0.459 e. The number of ether oxygens (including phenoxy) is 1. The molecule has 0 aromatic heterocycles. The topological polar surface area (TPSA) is 26.3 Å². The summed E-state index contributed by atoms with van der Waals surface area (Å²) in [5, 5.41) is 0. The number of rotatable bonds is 10. The standard InChI is InChI=1S/C16H31O2/c1-6-9-11-13-16(4,5)18-15(17)14(8-3)12-10-7-2/h6,14H,7-13H2,1-5H3. The first-order valence-corrected chi connectivity index (χ1v) is 7.47. The zero-order chi connectivity index (χ0) is 14.0. The summed E-state index contributed by atoms with van der Waals surface area (Å²) < 4.78 is 5.68. The summed E-state index contributed by atoms with van der Waals surface area (Å²) in [6, 6.07) is 0. The van der Waals surface area contributed by atoms with Crippen molar-refractivity contribution < 1.29 is 9.53 Å². The fraction of sp³-hybridized carbons (Fsp3) is 0.875. The van der Waals surface area contributed by atoms with Crippen LogP contribution in [0, 0.1) is 12.3 Å². The Kier molecular flexibility index (Phi) is 9.13. The van der Waals surface area contributed by atoms with Gasteiger partial charge in [0.1, 0.15) is 5.60 Å². The number of unbranched alkanes of at least 4 members (excludes halogenated alkanes) is 3. The molecule has 1 radical (unpaired) electrons. The smallest absolute Gasteiger partial charge is 0.309 e. The molecule has 0 heterocycles. The molecular formula is C16H31O2. The molecule has 0 aliphatic heterocycles. The zero-order valence-corrected chi connectivity index (χ0v) is 12.9. The van der Waals surface area contributed by atoms with Crippen molar-refractivity contribution in [3.05, 3.63) is 6.42 Å². The van der Waals surface area contributed by atoms with Crippen LogP contribution >= 0.6 is 0 Å². The SMILES string of the molecule is C[CH]CCCC(C)(C)OC(=O)C(CC)CCCC. The molecule has 0 saturated carbocycles. The molecule has 107 valence electrons. The predicted molar refractivity (Wildman–Crippen MR) is 77.3 cm³/mol. The van der Waals surface area contributed by atoms with E-state index in [-0.39, 0.29) is 17.5 Å². The Balaban J connectivity index is 4.15. The van der Waals surface area contributed by atoms with Crippen LogP contribution < -0.4 is 0 Å². The molecule has 0 aliphatic carbocycles. The van der Waals surface area contributed by atoms with Crippen LogP contribution in [0.2, 0.25) is 0 Å². The maximum atomic E-state index is 12.1. The zero-order valence-electron chi connectivity index (χ0n) is 12.9. The Morgan fingerprint density at radius 2 is 1.94 bits per heavy atom. The molecule has 0 aromatic carbocycles. The lowest BCUT2D eigenvalue weighted by atomic mass is 9.97. The van der Waals surface area contributed by atoms with Crippen LogP contribution in [0.4, 0.5) is 0 Å². The van der Waals surface area contributed by atoms with E-state index in [0.717, 1.165) is 44.9 Å². The molecular weight excluding hydrogens is 224 g/mol. The molecule has 0 amide bonds. The molecule has 0 spiro atoms. The number of carbonyl (C=O) groups is 1. The number of hydrogen-bond donors (Lipinski definition) is 0. The monoisotopic (exact) mass is 255 g/mol. The van der Waals surface area contributed by atoms with Crippen LogP contribution in [0.5, 0.6) is 0 Å². The van der Waals surface area contributed by atoms with E-state index in [0.29, 0.717) is 0 Å². The lowest BCUT2D eigenvalue weighted by Crippen LogP contribution is -2.31. The summed E-state index contributed by atoms with van der Waals surface area (Å²) >= 11 is 0. The lowest BCUT2D eigenvalue weighted by Gasteiger charge is -2.27. The molecule has 0 rings (SSSR count). The van der Waals surface area contributed by atoms with E-state index in [4.69, 9.17) is 4.74 Å². The summed E-state index contributed by atoms with van der Waals surface area (Å²) in [5.41, 5.74) is -0.320. The van der Waals surface area contributed by atoms with Gasteiger partial charge in [0.05, 0.1) is 5.92 Å². The molecule has 0 aliphatic rings. The van der Waals surface area contributed by atoms with Gasteiger partial charge in [-0.15, -0.1) is 0 Å². The van der Waals surface area contributed by atoms with Gasteiger partial charge in [-0.25, -0.2) is 0 Å². The molecule has 0 bridgehead atoms. The maximum Gasteiger partial charge on any atom is 0.309 e. The van der Waals surface area contributed by atoms with E-state index < -0.39 is 0 Å². The Labute approximate surface area is 113 Å². The van der Waals surface area contributed by atoms with Crippen LogP contribution in [0.3, 0.4) is 0 Å². The molecule has 0 N–H and O–H groups in total. The third-order valence-electron chi connectivity index (χ3n) is 3.38. The average Bonchev–Trinajstić information content (AvgIpc) is 2.29. The van der Waals surface area contributed by atoms with E-state index in [1.54, 1.807) is 0 Å². The summed E-state index contributed by atoms with van der Waals surface area (Å²) in [6.07, 6.45) is 9.37. The first-order chi connectivity index (χ1) is 8.46. The van der Waals surface area contributed by atoms with Crippen LogP contribution in [-0.2, 0) is 9.53 Å². The lowest BCUT2D eigenvalue weighted by molar-refractivity contribution is -0.162. The molecule has 0 fully saturated rings. The highest BCUT2D eigenvalue weighted by Gasteiger charge is 2.26. The Bertz CT molecular complexity index is 221. The van der Waals surface area contributed by atoms with Gasteiger partial charge in [-0.2, -0.15) is 0 Å². The number of esters is 1. The van der Waals surface area contributed by atoms with Crippen molar-refractivity contribution >= 4 is 5.97 Å². The molecule has 1 atom stereocenters. The third kappa shape index (κ3) is 7.73. The Hall–Kier alpha value is -0.530.